The Morgan fingerprint density at radius 3 is 1.18 bits per heavy atom. The van der Waals surface area contributed by atoms with Crippen molar-refractivity contribution in [2.45, 2.75) is 77.8 Å². The summed E-state index contributed by atoms with van der Waals surface area (Å²) in [5.74, 6) is 1.86. The molecule has 4 aromatic rings. The van der Waals surface area contributed by atoms with Crippen LogP contribution in [0.4, 0.5) is 0 Å². The van der Waals surface area contributed by atoms with Crippen LogP contribution in [0.3, 0.4) is 0 Å². The summed E-state index contributed by atoms with van der Waals surface area (Å²) in [6, 6.07) is 21.7. The van der Waals surface area contributed by atoms with Gasteiger partial charge in [-0.2, -0.15) is 0 Å². The van der Waals surface area contributed by atoms with E-state index in [1.807, 2.05) is 0 Å². The van der Waals surface area contributed by atoms with E-state index in [1.165, 1.54) is 21.5 Å². The number of halogens is 2. The number of fused-ring (bicyclic) bond motifs is 2. The molecule has 4 rings (SSSR count). The van der Waals surface area contributed by atoms with Gasteiger partial charge in [-0.15, -0.1) is 0 Å². The first-order chi connectivity index (χ1) is 17.4. The smallest absolute Gasteiger partial charge is 0.250 e. The van der Waals surface area contributed by atoms with Crippen molar-refractivity contribution < 1.29 is 8.85 Å². The zero-order chi connectivity index (χ0) is 28.3. The second-order valence-electron chi connectivity index (χ2n) is 13.3. The molecule has 6 heteroatoms. The highest BCUT2D eigenvalue weighted by Crippen LogP contribution is 2.50. The van der Waals surface area contributed by atoms with Crippen LogP contribution in [-0.4, -0.2) is 16.6 Å². The molecule has 0 saturated heterocycles. The fraction of sp³-hybridized carbons (Fsp3) is 0.375. The van der Waals surface area contributed by atoms with Gasteiger partial charge in [0.25, 0.3) is 16.6 Å². The summed E-state index contributed by atoms with van der Waals surface area (Å²) in [6.07, 6.45) is 0. The summed E-state index contributed by atoms with van der Waals surface area (Å²) in [7, 11) is -4.26. The van der Waals surface area contributed by atoms with Crippen molar-refractivity contribution in [1.29, 1.82) is 0 Å². The van der Waals surface area contributed by atoms with Crippen molar-refractivity contribution in [2.24, 2.45) is 0 Å². The van der Waals surface area contributed by atoms with Crippen LogP contribution in [0.1, 0.15) is 41.5 Å². The van der Waals surface area contributed by atoms with Crippen molar-refractivity contribution in [3.05, 3.63) is 69.6 Å². The van der Waals surface area contributed by atoms with Crippen LogP contribution in [0.25, 0.3) is 32.7 Å². The van der Waals surface area contributed by atoms with Crippen LogP contribution in [0, 0.1) is 0 Å². The van der Waals surface area contributed by atoms with Crippen LogP contribution in [0.15, 0.2) is 69.6 Å². The minimum atomic E-state index is -2.13. The van der Waals surface area contributed by atoms with Gasteiger partial charge in [-0.1, -0.05) is 97.7 Å². The van der Waals surface area contributed by atoms with E-state index in [4.69, 9.17) is 8.85 Å². The van der Waals surface area contributed by atoms with Gasteiger partial charge in [0, 0.05) is 20.1 Å². The molecule has 0 aliphatic rings. The zero-order valence-electron chi connectivity index (χ0n) is 24.3. The fourth-order valence-corrected chi connectivity index (χ4v) is 6.91. The van der Waals surface area contributed by atoms with E-state index in [0.29, 0.717) is 0 Å². The Labute approximate surface area is 247 Å². The lowest BCUT2D eigenvalue weighted by Crippen LogP contribution is -2.44. The third-order valence-corrected chi connectivity index (χ3v) is 18.2. The molecule has 0 atom stereocenters. The molecule has 202 valence electrons. The van der Waals surface area contributed by atoms with Crippen LogP contribution in [0.2, 0.25) is 36.3 Å². The van der Waals surface area contributed by atoms with Gasteiger partial charge >= 0.3 is 0 Å². The highest BCUT2D eigenvalue weighted by atomic mass is 79.9. The normalized spacial score (nSPS) is 13.3. The quantitative estimate of drug-likeness (QED) is 0.197. The van der Waals surface area contributed by atoms with Gasteiger partial charge in [0.15, 0.2) is 0 Å². The first kappa shape index (κ1) is 29.4. The Morgan fingerprint density at radius 2 is 0.868 bits per heavy atom. The average molecular weight is 673 g/mol. The Kier molecular flexibility index (Phi) is 7.81. The predicted molar refractivity (Wildman–Crippen MR) is 178 cm³/mol. The molecule has 0 N–H and O–H groups in total. The monoisotopic (exact) mass is 670 g/mol. The molecule has 2 nitrogen and oxygen atoms in total. The molecule has 0 spiro atoms. The van der Waals surface area contributed by atoms with E-state index in [0.717, 1.165) is 31.6 Å². The SMILES string of the molecule is CC(C)(C)[Si](C)(C)Oc1ccc2cc(Br)ccc2c1-c1c(O[Si](C)(C)C(C)(C)C)ccc2cc(Br)ccc12. The minimum absolute atomic E-state index is 0.0725. The second kappa shape index (κ2) is 10.1. The van der Waals surface area contributed by atoms with Crippen LogP contribution >= 0.6 is 31.9 Å². The summed E-state index contributed by atoms with van der Waals surface area (Å²) < 4.78 is 16.3. The van der Waals surface area contributed by atoms with Gasteiger partial charge in [0.05, 0.1) is 0 Å². The largest absolute Gasteiger partial charge is 0.543 e. The average Bonchev–Trinajstić information content (AvgIpc) is 2.77. The van der Waals surface area contributed by atoms with Crippen LogP contribution < -0.4 is 8.85 Å². The lowest BCUT2D eigenvalue weighted by molar-refractivity contribution is 0.489. The lowest BCUT2D eigenvalue weighted by atomic mass is 9.92. The van der Waals surface area contributed by atoms with Crippen molar-refractivity contribution in [3.63, 3.8) is 0 Å². The first-order valence-corrected chi connectivity index (χ1v) is 20.6. The molecule has 0 bridgehead atoms. The van der Waals surface area contributed by atoms with Crippen molar-refractivity contribution in [2.75, 3.05) is 0 Å². The highest BCUT2D eigenvalue weighted by molar-refractivity contribution is 9.10. The van der Waals surface area contributed by atoms with Gasteiger partial charge in [-0.25, -0.2) is 0 Å². The molecule has 4 aromatic carbocycles. The van der Waals surface area contributed by atoms with Gasteiger partial charge in [0.1, 0.15) is 11.5 Å². The Morgan fingerprint density at radius 1 is 0.526 bits per heavy atom. The van der Waals surface area contributed by atoms with E-state index >= 15 is 0 Å². The fourth-order valence-electron chi connectivity index (χ4n) is 4.10. The molecule has 0 unspecified atom stereocenters. The van der Waals surface area contributed by atoms with Crippen LogP contribution in [0.5, 0.6) is 11.5 Å². The predicted octanol–water partition coefficient (Wildman–Crippen LogP) is 12.0. The second-order valence-corrected chi connectivity index (χ2v) is 24.6. The molecule has 38 heavy (non-hydrogen) atoms. The Hall–Kier alpha value is -1.61. The maximum Gasteiger partial charge on any atom is 0.250 e. The van der Waals surface area contributed by atoms with Gasteiger partial charge in [0.2, 0.25) is 0 Å². The minimum Gasteiger partial charge on any atom is -0.543 e. The number of hydrogen-bond acceptors (Lipinski definition) is 2. The molecule has 0 aliphatic heterocycles. The van der Waals surface area contributed by atoms with Crippen molar-refractivity contribution in [1.82, 2.24) is 0 Å². The lowest BCUT2D eigenvalue weighted by Gasteiger charge is -2.38. The molecule has 0 amide bonds. The third-order valence-electron chi connectivity index (χ3n) is 8.48. The maximum atomic E-state index is 7.09. The Balaban J connectivity index is 2.13. The van der Waals surface area contributed by atoms with E-state index < -0.39 is 16.6 Å². The standard InChI is InChI=1S/C32H40Br2O2Si2/c1-31(2,3)37(7,8)35-27-17-11-21-19-23(33)13-15-25(21)29(27)30-26-16-14-24(34)20-22(26)12-18-28(30)36-38(9,10)32(4,5)6/h11-20H,1-10H3. The number of hydrogen-bond donors (Lipinski definition) is 0. The van der Waals surface area contributed by atoms with E-state index in [1.54, 1.807) is 0 Å². The molecular weight excluding hydrogens is 632 g/mol. The molecule has 0 radical (unpaired) electrons. The Bertz CT molecular complexity index is 1400. The van der Waals surface area contributed by atoms with Crippen LogP contribution in [-0.2, 0) is 0 Å². The van der Waals surface area contributed by atoms with E-state index in [2.05, 4.69) is 160 Å². The molecule has 0 aromatic heterocycles. The maximum absolute atomic E-state index is 7.09. The molecule has 0 heterocycles. The summed E-state index contributed by atoms with van der Waals surface area (Å²) in [6.45, 7) is 23.0. The molecular formula is C32H40Br2O2Si2. The zero-order valence-corrected chi connectivity index (χ0v) is 29.5. The van der Waals surface area contributed by atoms with Gasteiger partial charge in [-0.3, -0.25) is 0 Å². The number of benzene rings is 4. The number of rotatable bonds is 5. The summed E-state index contributed by atoms with van der Waals surface area (Å²) in [5, 5.41) is 4.82. The topological polar surface area (TPSA) is 18.5 Å². The summed E-state index contributed by atoms with van der Waals surface area (Å²) >= 11 is 7.36. The van der Waals surface area contributed by atoms with Gasteiger partial charge < -0.3 is 8.85 Å². The summed E-state index contributed by atoms with van der Waals surface area (Å²) in [5.41, 5.74) is 2.22. The van der Waals surface area contributed by atoms with E-state index in [-0.39, 0.29) is 10.1 Å². The highest BCUT2D eigenvalue weighted by Gasteiger charge is 2.41. The molecule has 0 saturated carbocycles. The van der Waals surface area contributed by atoms with Gasteiger partial charge in [-0.05, 0) is 94.2 Å². The van der Waals surface area contributed by atoms with E-state index in [9.17, 15) is 0 Å². The molecule has 0 aliphatic carbocycles. The molecule has 0 fully saturated rings. The summed E-state index contributed by atoms with van der Waals surface area (Å²) in [4.78, 5) is 0. The van der Waals surface area contributed by atoms with Crippen molar-refractivity contribution >= 4 is 70.0 Å². The first-order valence-electron chi connectivity index (χ1n) is 13.2. The van der Waals surface area contributed by atoms with Crippen molar-refractivity contribution in [3.8, 4) is 22.6 Å². The third kappa shape index (κ3) is 5.65.